The summed E-state index contributed by atoms with van der Waals surface area (Å²) in [4.78, 5) is 48.3. The van der Waals surface area contributed by atoms with E-state index in [-0.39, 0.29) is 23.1 Å². The third-order valence-corrected chi connectivity index (χ3v) is 5.59. The Morgan fingerprint density at radius 1 is 1.00 bits per heavy atom. The molecule has 3 aromatic carbocycles. The van der Waals surface area contributed by atoms with Crippen molar-refractivity contribution in [1.29, 1.82) is 0 Å². The molecule has 9 nitrogen and oxygen atoms in total. The number of ether oxygens (including phenoxy) is 1. The van der Waals surface area contributed by atoms with Gasteiger partial charge in [0.1, 0.15) is 5.70 Å². The molecule has 10 heteroatoms. The van der Waals surface area contributed by atoms with Crippen molar-refractivity contribution in [2.24, 2.45) is 0 Å². The summed E-state index contributed by atoms with van der Waals surface area (Å²) < 4.78 is 4.63. The number of nitrogens with zero attached hydrogens (tertiary/aromatic N) is 1. The summed E-state index contributed by atoms with van der Waals surface area (Å²) in [7, 11) is 1.31. The normalized spacial score (nSPS) is 10.8. The summed E-state index contributed by atoms with van der Waals surface area (Å²) in [5, 5.41) is 16.3. The molecule has 0 spiro atoms. The maximum atomic E-state index is 13.1. The monoisotopic (exact) mass is 491 g/mol. The first kappa shape index (κ1) is 25.2. The fourth-order valence-corrected chi connectivity index (χ4v) is 3.65. The Hall–Kier alpha value is -4.44. The molecule has 2 amide bonds. The molecule has 0 aliphatic heterocycles. The Balaban J connectivity index is 1.84. The predicted octanol–water partition coefficient (Wildman–Crippen LogP) is 4.27. The van der Waals surface area contributed by atoms with E-state index >= 15 is 0 Å². The smallest absolute Gasteiger partial charge is 0.315 e. The maximum absolute atomic E-state index is 13.1. The lowest BCUT2D eigenvalue weighted by atomic mass is 10.1. The van der Waals surface area contributed by atoms with Crippen LogP contribution in [0.15, 0.2) is 89.5 Å². The van der Waals surface area contributed by atoms with E-state index in [1.807, 2.05) is 0 Å². The molecule has 0 saturated carbocycles. The molecule has 0 aliphatic carbocycles. The fourth-order valence-electron chi connectivity index (χ4n) is 2.86. The van der Waals surface area contributed by atoms with E-state index in [0.29, 0.717) is 16.8 Å². The second-order valence-corrected chi connectivity index (χ2v) is 8.12. The number of benzene rings is 3. The van der Waals surface area contributed by atoms with Crippen molar-refractivity contribution >= 4 is 47.0 Å². The lowest BCUT2D eigenvalue weighted by Gasteiger charge is -2.12. The van der Waals surface area contributed by atoms with E-state index in [0.717, 1.165) is 4.90 Å². The van der Waals surface area contributed by atoms with Crippen LogP contribution in [0.1, 0.15) is 15.9 Å². The van der Waals surface area contributed by atoms with Gasteiger partial charge in [-0.1, -0.05) is 24.3 Å². The van der Waals surface area contributed by atoms with Crippen LogP contribution in [0.4, 0.5) is 11.4 Å². The zero-order chi connectivity index (χ0) is 25.2. The molecule has 0 atom stereocenters. The van der Waals surface area contributed by atoms with Crippen molar-refractivity contribution in [3.8, 4) is 0 Å². The average molecular weight is 492 g/mol. The Labute approximate surface area is 205 Å². The molecule has 0 heterocycles. The molecule has 3 aromatic rings. The number of hydrogen-bond donors (Lipinski definition) is 2. The Morgan fingerprint density at radius 3 is 2.37 bits per heavy atom. The topological polar surface area (TPSA) is 128 Å². The van der Waals surface area contributed by atoms with Gasteiger partial charge in [-0.3, -0.25) is 24.5 Å². The summed E-state index contributed by atoms with van der Waals surface area (Å²) in [6.07, 6.45) is 1.43. The molecule has 0 aromatic heterocycles. The molecule has 0 fully saturated rings. The molecule has 2 N–H and O–H groups in total. The minimum absolute atomic E-state index is 0.0553. The van der Waals surface area contributed by atoms with Crippen LogP contribution in [-0.2, 0) is 14.3 Å². The number of nitrogens with one attached hydrogen (secondary N) is 2. The van der Waals surface area contributed by atoms with E-state index in [4.69, 9.17) is 0 Å². The Morgan fingerprint density at radius 2 is 1.71 bits per heavy atom. The van der Waals surface area contributed by atoms with Gasteiger partial charge in [-0.15, -0.1) is 11.8 Å². The molecule has 0 unspecified atom stereocenters. The number of esters is 1. The fraction of sp³-hybridized carbons (Fsp3) is 0.0800. The number of carbonyl (C=O) groups is 3. The lowest BCUT2D eigenvalue weighted by Crippen LogP contribution is -2.30. The first-order valence-corrected chi connectivity index (χ1v) is 11.3. The number of carbonyl (C=O) groups excluding carboxylic acids is 3. The zero-order valence-electron chi connectivity index (χ0n) is 18.6. The number of hydrogen-bond acceptors (Lipinski definition) is 7. The Kier molecular flexibility index (Phi) is 8.74. The SMILES string of the molecule is COC(=O)CSc1cccc(NC(=O)/C(=C\c2ccc([N+](=O)[O-])cc2)NC(=O)c2ccccc2)c1. The van der Waals surface area contributed by atoms with E-state index in [1.54, 1.807) is 54.6 Å². The van der Waals surface area contributed by atoms with Crippen LogP contribution in [0.25, 0.3) is 6.08 Å². The summed E-state index contributed by atoms with van der Waals surface area (Å²) in [6.45, 7) is 0. The highest BCUT2D eigenvalue weighted by Gasteiger charge is 2.16. The number of nitro benzene ring substituents is 1. The van der Waals surface area contributed by atoms with Crippen LogP contribution in [0.3, 0.4) is 0 Å². The van der Waals surface area contributed by atoms with Gasteiger partial charge in [0.2, 0.25) is 0 Å². The van der Waals surface area contributed by atoms with Crippen LogP contribution < -0.4 is 10.6 Å². The quantitative estimate of drug-likeness (QED) is 0.150. The van der Waals surface area contributed by atoms with Gasteiger partial charge in [0.05, 0.1) is 17.8 Å². The highest BCUT2D eigenvalue weighted by molar-refractivity contribution is 8.00. The van der Waals surface area contributed by atoms with E-state index < -0.39 is 16.7 Å². The number of methoxy groups -OCH3 is 1. The molecule has 0 bridgehead atoms. The van der Waals surface area contributed by atoms with Crippen LogP contribution >= 0.6 is 11.8 Å². The van der Waals surface area contributed by atoms with Crippen LogP contribution in [0, 0.1) is 10.1 Å². The highest BCUT2D eigenvalue weighted by Crippen LogP contribution is 2.22. The van der Waals surface area contributed by atoms with Crippen molar-refractivity contribution < 1.29 is 24.0 Å². The minimum Gasteiger partial charge on any atom is -0.468 e. The first-order chi connectivity index (χ1) is 16.9. The van der Waals surface area contributed by atoms with Gasteiger partial charge in [-0.25, -0.2) is 0 Å². The second kappa shape index (κ2) is 12.1. The molecule has 178 valence electrons. The average Bonchev–Trinajstić information content (AvgIpc) is 2.87. The van der Waals surface area contributed by atoms with E-state index in [2.05, 4.69) is 15.4 Å². The van der Waals surface area contributed by atoms with Crippen molar-refractivity contribution in [1.82, 2.24) is 5.32 Å². The van der Waals surface area contributed by atoms with E-state index in [1.165, 1.54) is 49.2 Å². The number of non-ortho nitro benzene ring substituents is 1. The first-order valence-electron chi connectivity index (χ1n) is 10.3. The molecule has 3 rings (SSSR count). The van der Waals surface area contributed by atoms with Gasteiger partial charge >= 0.3 is 5.97 Å². The molecule has 35 heavy (non-hydrogen) atoms. The van der Waals surface area contributed by atoms with Gasteiger partial charge < -0.3 is 15.4 Å². The number of thioether (sulfide) groups is 1. The largest absolute Gasteiger partial charge is 0.468 e. The zero-order valence-corrected chi connectivity index (χ0v) is 19.4. The van der Waals surface area contributed by atoms with Crippen molar-refractivity contribution in [3.63, 3.8) is 0 Å². The van der Waals surface area contributed by atoms with Crippen molar-refractivity contribution in [2.75, 3.05) is 18.2 Å². The number of anilines is 1. The molecule has 0 radical (unpaired) electrons. The number of nitro groups is 1. The van der Waals surface area contributed by atoms with Gasteiger partial charge in [-0.05, 0) is 54.1 Å². The molecule has 0 aliphatic rings. The summed E-state index contributed by atoms with van der Waals surface area (Å²) in [5.41, 5.74) is 1.14. The third kappa shape index (κ3) is 7.54. The van der Waals surface area contributed by atoms with Crippen LogP contribution in [-0.4, -0.2) is 35.6 Å². The molecular weight excluding hydrogens is 470 g/mol. The third-order valence-electron chi connectivity index (χ3n) is 4.62. The van der Waals surface area contributed by atoms with Crippen LogP contribution in [0.2, 0.25) is 0 Å². The minimum atomic E-state index is -0.595. The second-order valence-electron chi connectivity index (χ2n) is 7.07. The lowest BCUT2D eigenvalue weighted by molar-refractivity contribution is -0.384. The number of amides is 2. The standard InChI is InChI=1S/C25H21N3O6S/c1-34-23(29)16-35-21-9-5-8-19(15-21)26-25(31)22(27-24(30)18-6-3-2-4-7-18)14-17-10-12-20(13-11-17)28(32)33/h2-15H,16H2,1H3,(H,26,31)(H,27,30)/b22-14+. The molecular formula is C25H21N3O6S. The molecule has 0 saturated heterocycles. The summed E-state index contributed by atoms with van der Waals surface area (Å²) >= 11 is 1.25. The van der Waals surface area contributed by atoms with Crippen molar-refractivity contribution in [3.05, 3.63) is 106 Å². The summed E-state index contributed by atoms with van der Waals surface area (Å²) in [5.74, 6) is -1.34. The maximum Gasteiger partial charge on any atom is 0.315 e. The van der Waals surface area contributed by atoms with Crippen molar-refractivity contribution in [2.45, 2.75) is 4.90 Å². The van der Waals surface area contributed by atoms with Gasteiger partial charge in [0, 0.05) is 28.3 Å². The Bertz CT molecular complexity index is 1260. The van der Waals surface area contributed by atoms with Gasteiger partial charge in [-0.2, -0.15) is 0 Å². The predicted molar refractivity (Wildman–Crippen MR) is 133 cm³/mol. The van der Waals surface area contributed by atoms with Crippen LogP contribution in [0.5, 0.6) is 0 Å². The highest BCUT2D eigenvalue weighted by atomic mass is 32.2. The van der Waals surface area contributed by atoms with E-state index in [9.17, 15) is 24.5 Å². The number of rotatable bonds is 9. The summed E-state index contributed by atoms with van der Waals surface area (Å²) in [6, 6.07) is 20.8. The van der Waals surface area contributed by atoms with Gasteiger partial charge in [0.25, 0.3) is 17.5 Å². The van der Waals surface area contributed by atoms with Gasteiger partial charge in [0.15, 0.2) is 0 Å².